The molecule has 1 aromatic carbocycles. The van der Waals surface area contributed by atoms with Crippen molar-refractivity contribution < 1.29 is 33.5 Å². The zero-order chi connectivity index (χ0) is 36.6. The van der Waals surface area contributed by atoms with E-state index in [1.807, 2.05) is 27.7 Å². The topological polar surface area (TPSA) is 167 Å². The molecule has 0 aliphatic carbocycles. The van der Waals surface area contributed by atoms with Crippen molar-refractivity contribution in [3.63, 3.8) is 0 Å². The molecular formula is C37H56N6O7. The zero-order valence-corrected chi connectivity index (χ0v) is 30.7. The molecule has 0 saturated carbocycles. The molecule has 3 heterocycles. The van der Waals surface area contributed by atoms with Gasteiger partial charge in [-0.3, -0.25) is 19.2 Å². The van der Waals surface area contributed by atoms with Crippen molar-refractivity contribution in [2.24, 2.45) is 11.8 Å². The van der Waals surface area contributed by atoms with Crippen LogP contribution in [-0.4, -0.2) is 93.0 Å². The first-order valence-corrected chi connectivity index (χ1v) is 18.1. The lowest BCUT2D eigenvalue weighted by molar-refractivity contribution is -0.148. The van der Waals surface area contributed by atoms with Crippen molar-refractivity contribution in [3.8, 4) is 5.75 Å². The van der Waals surface area contributed by atoms with E-state index in [0.29, 0.717) is 24.7 Å². The van der Waals surface area contributed by atoms with E-state index in [-0.39, 0.29) is 54.0 Å². The number of amides is 4. The number of aliphatic hydroxyl groups is 1. The molecule has 2 aliphatic rings. The predicted octanol–water partition coefficient (Wildman–Crippen LogP) is 3.99. The van der Waals surface area contributed by atoms with Crippen LogP contribution in [0, 0.1) is 11.8 Å². The third-order valence-corrected chi connectivity index (χ3v) is 9.64. The van der Waals surface area contributed by atoms with Crippen LogP contribution in [0.1, 0.15) is 115 Å². The van der Waals surface area contributed by atoms with E-state index in [9.17, 15) is 24.3 Å². The lowest BCUT2D eigenvalue weighted by Gasteiger charge is -2.35. The molecule has 2 aromatic rings. The Morgan fingerprint density at radius 2 is 1.70 bits per heavy atom. The van der Waals surface area contributed by atoms with Gasteiger partial charge in [-0.2, -0.15) is 4.98 Å². The van der Waals surface area contributed by atoms with Crippen LogP contribution in [0.2, 0.25) is 0 Å². The minimum Gasteiger partial charge on any atom is -0.485 e. The Labute approximate surface area is 295 Å². The third-order valence-electron chi connectivity index (χ3n) is 9.64. The lowest BCUT2D eigenvalue weighted by atomic mass is 9.86. The Hall–Kier alpha value is -4.00. The molecule has 2 bridgehead atoms. The fourth-order valence-corrected chi connectivity index (χ4v) is 6.87. The van der Waals surface area contributed by atoms with Gasteiger partial charge in [-0.05, 0) is 43.2 Å². The van der Waals surface area contributed by atoms with E-state index in [2.05, 4.69) is 34.6 Å². The van der Waals surface area contributed by atoms with E-state index in [1.54, 1.807) is 31.3 Å². The van der Waals surface area contributed by atoms with Crippen molar-refractivity contribution in [2.75, 3.05) is 20.1 Å². The summed E-state index contributed by atoms with van der Waals surface area (Å²) in [6.45, 7) is 12.2. The maximum absolute atomic E-state index is 14.2. The molecule has 0 spiro atoms. The standard InChI is InChI=1S/C37H56N6O7/c1-23(2)19-27-34(47)43-21-25(44)20-28(43)35(48)42(7)31(24(3)4)33(46)38-18-14-10-8-9-13-17-37(5,6)36-40-30(41-50-36)22-49-29-16-12-11-15-26(29)32(45)39-27/h11-12,15-16,23-25,27-28,31,44H,8-10,13-14,17-22H2,1-7H3,(H,38,46)(H,39,45)/t25-,27+,28+,31-/m0/s1. The monoisotopic (exact) mass is 696 g/mol. The summed E-state index contributed by atoms with van der Waals surface area (Å²) < 4.78 is 11.6. The molecule has 2 aliphatic heterocycles. The molecule has 3 N–H and O–H groups in total. The number of aliphatic hydroxyl groups excluding tert-OH is 1. The highest BCUT2D eigenvalue weighted by molar-refractivity contribution is 6.00. The second kappa shape index (κ2) is 17.3. The number of likely N-dealkylation sites (N-methyl/N-ethyl adjacent to an activating group) is 1. The predicted molar refractivity (Wildman–Crippen MR) is 187 cm³/mol. The van der Waals surface area contributed by atoms with Crippen molar-refractivity contribution in [1.29, 1.82) is 0 Å². The number of rotatable bonds is 3. The second-order valence-electron chi connectivity index (χ2n) is 15.2. The number of aromatic nitrogens is 2. The number of para-hydroxylation sites is 1. The number of hydrogen-bond acceptors (Lipinski definition) is 9. The summed E-state index contributed by atoms with van der Waals surface area (Å²) in [5, 5.41) is 20.7. The van der Waals surface area contributed by atoms with Gasteiger partial charge in [0, 0.05) is 32.0 Å². The second-order valence-corrected chi connectivity index (χ2v) is 15.2. The van der Waals surface area contributed by atoms with Crippen LogP contribution < -0.4 is 15.4 Å². The molecule has 13 heteroatoms. The van der Waals surface area contributed by atoms with Gasteiger partial charge in [0.15, 0.2) is 6.61 Å². The maximum Gasteiger partial charge on any atom is 0.255 e. The summed E-state index contributed by atoms with van der Waals surface area (Å²) in [4.78, 5) is 62.7. The average molecular weight is 697 g/mol. The molecule has 4 amide bonds. The van der Waals surface area contributed by atoms with Crippen molar-refractivity contribution in [1.82, 2.24) is 30.6 Å². The Balaban J connectivity index is 1.63. The highest BCUT2D eigenvalue weighted by Gasteiger charge is 2.44. The third kappa shape index (κ3) is 9.82. The molecular weight excluding hydrogens is 640 g/mol. The Morgan fingerprint density at radius 3 is 2.42 bits per heavy atom. The first-order valence-electron chi connectivity index (χ1n) is 18.1. The van der Waals surface area contributed by atoms with Crippen molar-refractivity contribution >= 4 is 23.6 Å². The van der Waals surface area contributed by atoms with Crippen LogP contribution in [0.4, 0.5) is 0 Å². The number of carbonyl (C=O) groups is 4. The number of hydrogen-bond donors (Lipinski definition) is 3. The van der Waals surface area contributed by atoms with Gasteiger partial charge < -0.3 is 34.8 Å². The molecule has 0 unspecified atom stereocenters. The molecule has 1 aromatic heterocycles. The number of nitrogens with zero attached hydrogens (tertiary/aromatic N) is 4. The highest BCUT2D eigenvalue weighted by Crippen LogP contribution is 2.29. The molecule has 1 saturated heterocycles. The SMILES string of the molecule is CC(C)C[C@H]1NC(=O)c2ccccc2OCc2noc(n2)C(C)(C)CCCCCCCNC(=O)[C@H](C(C)C)N(C)C(=O)[C@H]2C[C@H](O)CN2C1=O. The first-order chi connectivity index (χ1) is 23.7. The van der Waals surface area contributed by atoms with Crippen LogP contribution >= 0.6 is 0 Å². The quantitative estimate of drug-likeness (QED) is 0.430. The van der Waals surface area contributed by atoms with Crippen LogP contribution in [0.3, 0.4) is 0 Å². The molecule has 13 nitrogen and oxygen atoms in total. The Bertz CT molecular complexity index is 1470. The fourth-order valence-electron chi connectivity index (χ4n) is 6.87. The van der Waals surface area contributed by atoms with Gasteiger partial charge in [0.1, 0.15) is 23.9 Å². The van der Waals surface area contributed by atoms with Gasteiger partial charge in [0.25, 0.3) is 5.91 Å². The van der Waals surface area contributed by atoms with Crippen LogP contribution in [-0.2, 0) is 26.4 Å². The summed E-state index contributed by atoms with van der Waals surface area (Å²) in [7, 11) is 1.58. The van der Waals surface area contributed by atoms with Gasteiger partial charge in [0.2, 0.25) is 29.4 Å². The minimum absolute atomic E-state index is 0.0187. The summed E-state index contributed by atoms with van der Waals surface area (Å²) in [6, 6.07) is 4.00. The van der Waals surface area contributed by atoms with E-state index in [0.717, 1.165) is 38.5 Å². The van der Waals surface area contributed by atoms with E-state index < -0.39 is 42.0 Å². The largest absolute Gasteiger partial charge is 0.485 e. The van der Waals surface area contributed by atoms with Gasteiger partial charge in [-0.1, -0.05) is 84.5 Å². The fraction of sp³-hybridized carbons (Fsp3) is 0.676. The van der Waals surface area contributed by atoms with Crippen LogP contribution in [0.5, 0.6) is 5.75 Å². The van der Waals surface area contributed by atoms with Crippen LogP contribution in [0.25, 0.3) is 0 Å². The van der Waals surface area contributed by atoms with Gasteiger partial charge in [-0.15, -0.1) is 0 Å². The van der Waals surface area contributed by atoms with Crippen molar-refractivity contribution in [3.05, 3.63) is 41.5 Å². The molecule has 0 radical (unpaired) electrons. The average Bonchev–Trinajstić information content (AvgIpc) is 3.70. The number of fused-ring (bicyclic) bond motifs is 4. The molecule has 50 heavy (non-hydrogen) atoms. The summed E-state index contributed by atoms with van der Waals surface area (Å²) in [6.07, 6.45) is 5.05. The summed E-state index contributed by atoms with van der Waals surface area (Å²) in [5.41, 5.74) is -0.112. The maximum atomic E-state index is 14.2. The normalized spacial score (nSPS) is 25.2. The van der Waals surface area contributed by atoms with E-state index in [4.69, 9.17) is 9.26 Å². The molecule has 276 valence electrons. The smallest absolute Gasteiger partial charge is 0.255 e. The summed E-state index contributed by atoms with van der Waals surface area (Å²) in [5.74, 6) is -0.674. The van der Waals surface area contributed by atoms with Crippen LogP contribution in [0.15, 0.2) is 28.8 Å². The highest BCUT2D eigenvalue weighted by atomic mass is 16.5. The molecule has 1 fully saturated rings. The molecule has 4 rings (SSSR count). The Kier molecular flexibility index (Phi) is 13.4. The van der Waals surface area contributed by atoms with Gasteiger partial charge >= 0.3 is 0 Å². The van der Waals surface area contributed by atoms with Gasteiger partial charge in [-0.25, -0.2) is 0 Å². The van der Waals surface area contributed by atoms with E-state index in [1.165, 1.54) is 9.80 Å². The Morgan fingerprint density at radius 1 is 1.00 bits per heavy atom. The summed E-state index contributed by atoms with van der Waals surface area (Å²) >= 11 is 0. The number of ether oxygens (including phenoxy) is 1. The molecule has 4 atom stereocenters. The lowest BCUT2D eigenvalue weighted by Crippen LogP contribution is -2.57. The van der Waals surface area contributed by atoms with Crippen molar-refractivity contribution in [2.45, 2.75) is 129 Å². The number of carbonyl (C=O) groups excluding carboxylic acids is 4. The first kappa shape index (κ1) is 38.8. The number of nitrogens with one attached hydrogen (secondary N) is 2. The number of benzene rings is 1. The van der Waals surface area contributed by atoms with Gasteiger partial charge in [0.05, 0.1) is 11.7 Å². The minimum atomic E-state index is -0.984. The van der Waals surface area contributed by atoms with E-state index >= 15 is 0 Å². The zero-order valence-electron chi connectivity index (χ0n) is 30.7.